The Balaban J connectivity index is 0.00000162. The third kappa shape index (κ3) is 3.66. The molecule has 8 heteroatoms. The number of amides is 1. The Morgan fingerprint density at radius 1 is 1.61 bits per heavy atom. The Hall–Kier alpha value is -1.18. The van der Waals surface area contributed by atoms with Crippen LogP contribution in [-0.4, -0.2) is 30.0 Å². The maximum absolute atomic E-state index is 11.8. The fraction of sp³-hybridized carbons (Fsp3) is 0.500. The van der Waals surface area contributed by atoms with Gasteiger partial charge in [0.1, 0.15) is 0 Å². The summed E-state index contributed by atoms with van der Waals surface area (Å²) in [6.45, 7) is 1.74. The van der Waals surface area contributed by atoms with Crippen LogP contribution in [0.2, 0.25) is 0 Å². The van der Waals surface area contributed by atoms with Crippen molar-refractivity contribution in [2.24, 2.45) is 0 Å². The number of thiophene rings is 1. The van der Waals surface area contributed by atoms with Gasteiger partial charge >= 0.3 is 5.00 Å². The molecule has 2 rings (SSSR count). The molecule has 1 saturated heterocycles. The van der Waals surface area contributed by atoms with Crippen LogP contribution in [0.5, 0.6) is 0 Å². The number of nitrogens with zero attached hydrogens (tertiary/aromatic N) is 1. The predicted octanol–water partition coefficient (Wildman–Crippen LogP) is 1.56. The lowest BCUT2D eigenvalue weighted by Crippen LogP contribution is -2.45. The maximum atomic E-state index is 11.8. The number of carbonyl (C=O) groups is 1. The molecule has 1 amide bonds. The van der Waals surface area contributed by atoms with Crippen molar-refractivity contribution in [2.75, 3.05) is 13.1 Å². The van der Waals surface area contributed by atoms with Gasteiger partial charge in [-0.2, -0.15) is 0 Å². The molecule has 1 aromatic heterocycles. The van der Waals surface area contributed by atoms with Crippen molar-refractivity contribution in [3.63, 3.8) is 0 Å². The lowest BCUT2D eigenvalue weighted by molar-refractivity contribution is -0.380. The minimum atomic E-state index is -0.483. The van der Waals surface area contributed by atoms with Crippen molar-refractivity contribution < 1.29 is 9.72 Å². The topological polar surface area (TPSA) is 84.3 Å². The summed E-state index contributed by atoms with van der Waals surface area (Å²) in [4.78, 5) is 21.8. The molecule has 0 saturated carbocycles. The van der Waals surface area contributed by atoms with Crippen molar-refractivity contribution in [2.45, 2.75) is 18.9 Å². The highest BCUT2D eigenvalue weighted by atomic mass is 35.5. The molecule has 2 N–H and O–H groups in total. The van der Waals surface area contributed by atoms with Gasteiger partial charge in [0.05, 0.1) is 10.5 Å². The monoisotopic (exact) mass is 291 g/mol. The van der Waals surface area contributed by atoms with Gasteiger partial charge in [0.25, 0.3) is 5.91 Å². The van der Waals surface area contributed by atoms with Crippen LogP contribution >= 0.6 is 23.7 Å². The second-order valence-corrected chi connectivity index (χ2v) is 4.84. The lowest BCUT2D eigenvalue weighted by atomic mass is 10.1. The number of rotatable bonds is 3. The number of carbonyl (C=O) groups excluding carboxylic acids is 1. The molecule has 2 heterocycles. The van der Waals surface area contributed by atoms with Gasteiger partial charge in [-0.05, 0) is 19.4 Å². The Bertz CT molecular complexity index is 432. The number of halogens is 1. The molecule has 0 unspecified atom stereocenters. The van der Waals surface area contributed by atoms with Gasteiger partial charge in [-0.15, -0.1) is 12.4 Å². The van der Waals surface area contributed by atoms with E-state index in [1.54, 1.807) is 0 Å². The molecular weight excluding hydrogens is 278 g/mol. The van der Waals surface area contributed by atoms with Gasteiger partial charge < -0.3 is 10.6 Å². The molecule has 1 fully saturated rings. The third-order valence-corrected chi connectivity index (χ3v) is 3.54. The highest BCUT2D eigenvalue weighted by Gasteiger charge is 2.19. The van der Waals surface area contributed by atoms with Gasteiger partial charge in [-0.3, -0.25) is 14.9 Å². The molecule has 0 aromatic carbocycles. The summed E-state index contributed by atoms with van der Waals surface area (Å²) in [5.74, 6) is -0.233. The summed E-state index contributed by atoms with van der Waals surface area (Å²) in [5.41, 5.74) is 0.368. The fourth-order valence-corrected chi connectivity index (χ4v) is 2.49. The first kappa shape index (κ1) is 14.9. The summed E-state index contributed by atoms with van der Waals surface area (Å²) >= 11 is 0.972. The van der Waals surface area contributed by atoms with Crippen LogP contribution in [-0.2, 0) is 0 Å². The minimum Gasteiger partial charge on any atom is -0.348 e. The van der Waals surface area contributed by atoms with E-state index < -0.39 is 4.92 Å². The van der Waals surface area contributed by atoms with Crippen molar-refractivity contribution >= 4 is 34.7 Å². The number of hydrogen-bond donors (Lipinski definition) is 2. The normalized spacial score (nSPS) is 18.8. The highest BCUT2D eigenvalue weighted by molar-refractivity contribution is 7.13. The van der Waals surface area contributed by atoms with Gasteiger partial charge in [0, 0.05) is 24.0 Å². The molecule has 100 valence electrons. The van der Waals surface area contributed by atoms with Gasteiger partial charge in [-0.1, -0.05) is 11.3 Å². The zero-order valence-electron chi connectivity index (χ0n) is 9.55. The van der Waals surface area contributed by atoms with Gasteiger partial charge in [0.15, 0.2) is 0 Å². The molecular formula is C10H14ClN3O3S. The van der Waals surface area contributed by atoms with Crippen LogP contribution in [0.1, 0.15) is 23.2 Å². The van der Waals surface area contributed by atoms with E-state index in [9.17, 15) is 14.9 Å². The van der Waals surface area contributed by atoms with Crippen molar-refractivity contribution in [3.05, 3.63) is 27.1 Å². The van der Waals surface area contributed by atoms with E-state index in [0.29, 0.717) is 5.56 Å². The standard InChI is InChI=1S/C10H13N3O3S.ClH/c14-10(12-8-2-1-3-11-5-8)7-4-9(13(15)16)17-6-7;/h4,6,8,11H,1-3,5H2,(H,12,14);1H/t8-;/m1./s1. The first-order chi connectivity index (χ1) is 8.16. The number of nitro groups is 1. The molecule has 0 aliphatic carbocycles. The van der Waals surface area contributed by atoms with Crippen LogP contribution in [0, 0.1) is 10.1 Å². The molecule has 1 aliphatic rings. The fourth-order valence-electron chi connectivity index (χ4n) is 1.78. The maximum Gasteiger partial charge on any atom is 0.324 e. The Morgan fingerprint density at radius 3 is 2.94 bits per heavy atom. The summed E-state index contributed by atoms with van der Waals surface area (Å²) < 4.78 is 0. The first-order valence-corrected chi connectivity index (χ1v) is 6.29. The second kappa shape index (κ2) is 6.67. The highest BCUT2D eigenvalue weighted by Crippen LogP contribution is 2.22. The smallest absolute Gasteiger partial charge is 0.324 e. The summed E-state index contributed by atoms with van der Waals surface area (Å²) in [6, 6.07) is 1.44. The van der Waals surface area contributed by atoms with Crippen molar-refractivity contribution in [1.82, 2.24) is 10.6 Å². The molecule has 18 heavy (non-hydrogen) atoms. The van der Waals surface area contributed by atoms with Crippen LogP contribution in [0.4, 0.5) is 5.00 Å². The summed E-state index contributed by atoms with van der Waals surface area (Å²) in [6.07, 6.45) is 1.99. The van der Waals surface area contributed by atoms with E-state index in [0.717, 1.165) is 37.3 Å². The molecule has 0 radical (unpaired) electrons. The minimum absolute atomic E-state index is 0. The largest absolute Gasteiger partial charge is 0.348 e. The van der Waals surface area contributed by atoms with E-state index in [2.05, 4.69) is 10.6 Å². The lowest BCUT2D eigenvalue weighted by Gasteiger charge is -2.23. The number of piperidine rings is 1. The van der Waals surface area contributed by atoms with Crippen LogP contribution in [0.3, 0.4) is 0 Å². The molecule has 1 aromatic rings. The molecule has 0 bridgehead atoms. The van der Waals surface area contributed by atoms with Crippen LogP contribution in [0.15, 0.2) is 11.4 Å². The number of hydrogen-bond acceptors (Lipinski definition) is 5. The second-order valence-electron chi connectivity index (χ2n) is 3.95. The molecule has 1 atom stereocenters. The van der Waals surface area contributed by atoms with E-state index in [1.165, 1.54) is 11.4 Å². The van der Waals surface area contributed by atoms with Crippen LogP contribution < -0.4 is 10.6 Å². The van der Waals surface area contributed by atoms with E-state index in [4.69, 9.17) is 0 Å². The quantitative estimate of drug-likeness (QED) is 0.654. The Labute approximate surface area is 114 Å². The Morgan fingerprint density at radius 2 is 2.39 bits per heavy atom. The summed E-state index contributed by atoms with van der Waals surface area (Å²) in [5, 5.41) is 18.1. The molecule has 6 nitrogen and oxygen atoms in total. The van der Waals surface area contributed by atoms with E-state index in [1.807, 2.05) is 0 Å². The summed E-state index contributed by atoms with van der Waals surface area (Å²) in [7, 11) is 0. The van der Waals surface area contributed by atoms with Crippen LogP contribution in [0.25, 0.3) is 0 Å². The Kier molecular flexibility index (Phi) is 5.52. The first-order valence-electron chi connectivity index (χ1n) is 5.41. The zero-order chi connectivity index (χ0) is 12.3. The van der Waals surface area contributed by atoms with Gasteiger partial charge in [0.2, 0.25) is 0 Å². The SMILES string of the molecule is Cl.O=C(N[C@@H]1CCCNC1)c1csc([N+](=O)[O-])c1. The number of nitrogens with one attached hydrogen (secondary N) is 2. The van der Waals surface area contributed by atoms with E-state index in [-0.39, 0.29) is 29.4 Å². The average molecular weight is 292 g/mol. The third-order valence-electron chi connectivity index (χ3n) is 2.66. The average Bonchev–Trinajstić information content (AvgIpc) is 2.79. The molecule has 1 aliphatic heterocycles. The van der Waals surface area contributed by atoms with E-state index >= 15 is 0 Å². The zero-order valence-corrected chi connectivity index (χ0v) is 11.2. The van der Waals surface area contributed by atoms with Crippen molar-refractivity contribution in [1.29, 1.82) is 0 Å². The van der Waals surface area contributed by atoms with Gasteiger partial charge in [-0.25, -0.2) is 0 Å². The predicted molar refractivity (Wildman–Crippen MR) is 71.6 cm³/mol. The van der Waals surface area contributed by atoms with Crippen molar-refractivity contribution in [3.8, 4) is 0 Å². The molecule has 0 spiro atoms.